The lowest BCUT2D eigenvalue weighted by Gasteiger charge is -2.41. The molecule has 1 aromatic rings. The third-order valence-electron chi connectivity index (χ3n) is 3.97. The number of carbonyl (C=O) groups excluding carboxylic acids is 1. The average molecular weight is 328 g/mol. The molecule has 0 bridgehead atoms. The first-order chi connectivity index (χ1) is 10.4. The second-order valence-corrected chi connectivity index (χ2v) is 6.77. The number of alkyl halides is 3. The molecule has 1 atom stereocenters. The monoisotopic (exact) mass is 328 g/mol. The molecule has 2 rings (SSSR count). The fraction of sp³-hybridized carbons (Fsp3) is 0.500. The van der Waals surface area contributed by atoms with E-state index in [9.17, 15) is 23.1 Å². The quantitative estimate of drug-likeness (QED) is 0.858. The van der Waals surface area contributed by atoms with Crippen molar-refractivity contribution in [3.05, 3.63) is 35.4 Å². The zero-order valence-corrected chi connectivity index (χ0v) is 13.4. The maximum atomic E-state index is 13.0. The third-order valence-corrected chi connectivity index (χ3v) is 3.97. The van der Waals surface area contributed by atoms with Gasteiger partial charge in [0.2, 0.25) is 0 Å². The van der Waals surface area contributed by atoms with Gasteiger partial charge in [0.05, 0.1) is 0 Å². The molecular weight excluding hydrogens is 309 g/mol. The Morgan fingerprint density at radius 3 is 2.39 bits per heavy atom. The molecule has 0 unspecified atom stereocenters. The van der Waals surface area contributed by atoms with Crippen molar-refractivity contribution in [1.82, 2.24) is 5.01 Å². The number of aryl methyl sites for hydroxylation is 1. The molecule has 1 heterocycles. The molecule has 0 fully saturated rings. The van der Waals surface area contributed by atoms with E-state index in [0.717, 1.165) is 5.56 Å². The van der Waals surface area contributed by atoms with Crippen LogP contribution in [0.3, 0.4) is 0 Å². The van der Waals surface area contributed by atoms with Crippen molar-refractivity contribution in [3.63, 3.8) is 0 Å². The number of halogens is 3. The van der Waals surface area contributed by atoms with Crippen LogP contribution in [0.2, 0.25) is 0 Å². The van der Waals surface area contributed by atoms with Gasteiger partial charge >= 0.3 is 6.18 Å². The molecule has 0 aliphatic carbocycles. The molecule has 4 nitrogen and oxygen atoms in total. The van der Waals surface area contributed by atoms with Crippen molar-refractivity contribution < 1.29 is 23.1 Å². The van der Waals surface area contributed by atoms with Gasteiger partial charge in [0.25, 0.3) is 5.91 Å². The highest BCUT2D eigenvalue weighted by Crippen LogP contribution is 2.44. The van der Waals surface area contributed by atoms with Crippen molar-refractivity contribution in [2.45, 2.75) is 46.0 Å². The highest BCUT2D eigenvalue weighted by molar-refractivity contribution is 5.99. The van der Waals surface area contributed by atoms with Crippen LogP contribution in [0.5, 0.6) is 0 Å². The largest absolute Gasteiger partial charge is 0.431 e. The number of aliphatic hydroxyl groups is 1. The summed E-state index contributed by atoms with van der Waals surface area (Å²) in [6.07, 6.45) is -5.45. The highest BCUT2D eigenvalue weighted by Gasteiger charge is 2.57. The van der Waals surface area contributed by atoms with Crippen LogP contribution in [-0.2, 0) is 0 Å². The number of nitrogens with zero attached hydrogens (tertiary/aromatic N) is 2. The molecule has 23 heavy (non-hydrogen) atoms. The van der Waals surface area contributed by atoms with Gasteiger partial charge in [0, 0.05) is 17.4 Å². The maximum Gasteiger partial charge on any atom is 0.431 e. The zero-order valence-electron chi connectivity index (χ0n) is 13.4. The Morgan fingerprint density at radius 1 is 1.30 bits per heavy atom. The minimum atomic E-state index is -4.69. The van der Waals surface area contributed by atoms with Crippen LogP contribution in [0.25, 0.3) is 0 Å². The Bertz CT molecular complexity index is 662. The normalized spacial score (nSPS) is 22.3. The second kappa shape index (κ2) is 5.33. The smallest absolute Gasteiger partial charge is 0.368 e. The minimum Gasteiger partial charge on any atom is -0.368 e. The van der Waals surface area contributed by atoms with Crippen LogP contribution in [0.1, 0.15) is 43.1 Å². The first-order valence-electron chi connectivity index (χ1n) is 7.14. The van der Waals surface area contributed by atoms with Crippen LogP contribution in [0, 0.1) is 12.3 Å². The number of rotatable bonds is 1. The van der Waals surface area contributed by atoms with Crippen molar-refractivity contribution in [1.29, 1.82) is 0 Å². The maximum absolute atomic E-state index is 13.0. The number of amides is 1. The Morgan fingerprint density at radius 2 is 1.91 bits per heavy atom. The molecule has 0 saturated heterocycles. The van der Waals surface area contributed by atoms with Gasteiger partial charge in [-0.1, -0.05) is 38.5 Å². The summed E-state index contributed by atoms with van der Waals surface area (Å²) in [5, 5.41) is 14.8. The van der Waals surface area contributed by atoms with Gasteiger partial charge in [-0.3, -0.25) is 4.79 Å². The Labute approximate surface area is 132 Å². The summed E-state index contributed by atoms with van der Waals surface area (Å²) in [6.45, 7) is 6.47. The number of hydrazone groups is 1. The van der Waals surface area contributed by atoms with E-state index in [1.807, 2.05) is 0 Å². The number of hydrogen-bond donors (Lipinski definition) is 1. The van der Waals surface area contributed by atoms with Crippen LogP contribution < -0.4 is 0 Å². The fourth-order valence-electron chi connectivity index (χ4n) is 2.40. The van der Waals surface area contributed by atoms with Crippen LogP contribution in [-0.4, -0.2) is 33.6 Å². The van der Waals surface area contributed by atoms with Crippen LogP contribution in [0.15, 0.2) is 29.4 Å². The predicted octanol–water partition coefficient (Wildman–Crippen LogP) is 3.49. The van der Waals surface area contributed by atoms with E-state index in [0.29, 0.717) is 5.01 Å². The lowest BCUT2D eigenvalue weighted by Crippen LogP contribution is -2.55. The summed E-state index contributed by atoms with van der Waals surface area (Å²) in [4.78, 5) is 12.6. The summed E-state index contributed by atoms with van der Waals surface area (Å²) in [7, 11) is 0. The second-order valence-electron chi connectivity index (χ2n) is 6.77. The van der Waals surface area contributed by atoms with Crippen molar-refractivity contribution in [2.75, 3.05) is 0 Å². The Balaban J connectivity index is 2.50. The van der Waals surface area contributed by atoms with Crippen LogP contribution >= 0.6 is 0 Å². The molecule has 0 saturated carbocycles. The summed E-state index contributed by atoms with van der Waals surface area (Å²) in [5.41, 5.74) is -3.24. The number of carbonyl (C=O) groups is 1. The molecule has 7 heteroatoms. The Kier molecular flexibility index (Phi) is 4.05. The van der Waals surface area contributed by atoms with Gasteiger partial charge in [0.1, 0.15) is 5.71 Å². The summed E-state index contributed by atoms with van der Waals surface area (Å²) < 4.78 is 39.0. The molecular formula is C16H19F3N2O2. The summed E-state index contributed by atoms with van der Waals surface area (Å²) >= 11 is 0. The SMILES string of the molecule is Cc1cccc(C(=O)N2N=C(C(F)(F)F)C[C@@]2(O)C(C)(C)C)c1. The van der Waals surface area contributed by atoms with E-state index in [1.165, 1.54) is 6.07 Å². The molecule has 1 aliphatic heterocycles. The zero-order chi connectivity index (χ0) is 17.6. The summed E-state index contributed by atoms with van der Waals surface area (Å²) in [6, 6.07) is 6.43. The average Bonchev–Trinajstić information content (AvgIpc) is 2.77. The lowest BCUT2D eigenvalue weighted by atomic mass is 9.80. The number of benzene rings is 1. The van der Waals surface area contributed by atoms with E-state index in [-0.39, 0.29) is 5.56 Å². The molecule has 1 N–H and O–H groups in total. The van der Waals surface area contributed by atoms with Gasteiger partial charge in [-0.2, -0.15) is 23.3 Å². The van der Waals surface area contributed by atoms with Gasteiger partial charge < -0.3 is 5.11 Å². The third kappa shape index (κ3) is 3.10. The van der Waals surface area contributed by atoms with Gasteiger partial charge in [0.15, 0.2) is 5.72 Å². The minimum absolute atomic E-state index is 0.180. The summed E-state index contributed by atoms with van der Waals surface area (Å²) in [5.74, 6) is -0.759. The molecule has 0 radical (unpaired) electrons. The first kappa shape index (κ1) is 17.5. The van der Waals surface area contributed by atoms with E-state index in [4.69, 9.17) is 0 Å². The molecule has 1 aromatic carbocycles. The topological polar surface area (TPSA) is 52.9 Å². The lowest BCUT2D eigenvalue weighted by molar-refractivity contribution is -0.144. The van der Waals surface area contributed by atoms with Gasteiger partial charge in [-0.25, -0.2) is 0 Å². The van der Waals surface area contributed by atoms with E-state index < -0.39 is 35.4 Å². The molecule has 1 aliphatic rings. The number of hydrogen-bond acceptors (Lipinski definition) is 3. The van der Waals surface area contributed by atoms with E-state index in [2.05, 4.69) is 5.10 Å². The molecule has 0 aromatic heterocycles. The van der Waals surface area contributed by atoms with E-state index in [1.54, 1.807) is 45.9 Å². The molecule has 1 amide bonds. The van der Waals surface area contributed by atoms with Crippen LogP contribution in [0.4, 0.5) is 13.2 Å². The van der Waals surface area contributed by atoms with Crippen molar-refractivity contribution in [2.24, 2.45) is 10.5 Å². The Hall–Kier alpha value is -1.89. The van der Waals surface area contributed by atoms with Gasteiger partial charge in [-0.05, 0) is 19.1 Å². The van der Waals surface area contributed by atoms with Gasteiger partial charge in [-0.15, -0.1) is 0 Å². The van der Waals surface area contributed by atoms with Crippen molar-refractivity contribution >= 4 is 11.6 Å². The highest BCUT2D eigenvalue weighted by atomic mass is 19.4. The molecule has 0 spiro atoms. The predicted molar refractivity (Wildman–Crippen MR) is 79.9 cm³/mol. The standard InChI is InChI=1S/C16H19F3N2O2/c1-10-6-5-7-11(8-10)13(22)21-15(23,14(2,3)4)9-12(20-21)16(17,18)19/h5-8,23H,9H2,1-4H3/t15-/m1/s1. The van der Waals surface area contributed by atoms with E-state index >= 15 is 0 Å². The van der Waals surface area contributed by atoms with Crippen molar-refractivity contribution in [3.8, 4) is 0 Å². The molecule has 126 valence electrons. The fourth-order valence-corrected chi connectivity index (χ4v) is 2.40. The first-order valence-corrected chi connectivity index (χ1v) is 7.14.